The molecule has 1 saturated carbocycles. The zero-order chi connectivity index (χ0) is 33.7. The maximum atomic E-state index is 13.7. The number of aromatic carboxylic acids is 1. The molecule has 1 aromatic carbocycles. The summed E-state index contributed by atoms with van der Waals surface area (Å²) in [5, 5.41) is 19.5. The van der Waals surface area contributed by atoms with Crippen LogP contribution in [0.25, 0.3) is 0 Å². The molecular weight excluding hydrogens is 584 g/mol. The van der Waals surface area contributed by atoms with Crippen molar-refractivity contribution in [2.24, 2.45) is 17.1 Å². The second kappa shape index (κ2) is 16.9. The quantitative estimate of drug-likeness (QED) is 0.148. The van der Waals surface area contributed by atoms with E-state index in [1.807, 2.05) is 0 Å². The van der Waals surface area contributed by atoms with Gasteiger partial charge in [-0.1, -0.05) is 58.2 Å². The Morgan fingerprint density at radius 3 is 2.13 bits per heavy atom. The molecule has 45 heavy (non-hydrogen) atoms. The summed E-state index contributed by atoms with van der Waals surface area (Å²) in [4.78, 5) is 89.2. The van der Waals surface area contributed by atoms with Gasteiger partial charge in [-0.05, 0) is 36.3 Å². The lowest BCUT2D eigenvalue weighted by Crippen LogP contribution is -2.58. The molecule has 2 rings (SSSR count). The van der Waals surface area contributed by atoms with E-state index in [-0.39, 0.29) is 30.1 Å². The van der Waals surface area contributed by atoms with Crippen molar-refractivity contribution in [3.05, 3.63) is 48.0 Å². The SMILES string of the molecule is C=CCN(CC(=O)NC(C(=O)NCC(N)=O)C1CCCCC1)C(=O)[C@@H](NC(=O)CNC(=O)c1ccccc1C(=O)O)C(C)(C)C. The summed E-state index contributed by atoms with van der Waals surface area (Å²) in [7, 11) is 0. The van der Waals surface area contributed by atoms with Crippen LogP contribution in [0.3, 0.4) is 0 Å². The van der Waals surface area contributed by atoms with E-state index in [1.54, 1.807) is 20.8 Å². The highest BCUT2D eigenvalue weighted by atomic mass is 16.4. The van der Waals surface area contributed by atoms with Crippen LogP contribution in [-0.2, 0) is 24.0 Å². The Bertz CT molecular complexity index is 1280. The van der Waals surface area contributed by atoms with Crippen LogP contribution >= 0.6 is 0 Å². The zero-order valence-corrected chi connectivity index (χ0v) is 26.0. The van der Waals surface area contributed by atoms with Gasteiger partial charge in [0.1, 0.15) is 12.1 Å². The van der Waals surface area contributed by atoms with Crippen molar-refractivity contribution in [3.8, 4) is 0 Å². The normalized spacial score (nSPS) is 14.6. The average molecular weight is 629 g/mol. The first-order valence-corrected chi connectivity index (χ1v) is 14.8. The van der Waals surface area contributed by atoms with Gasteiger partial charge in [-0.2, -0.15) is 0 Å². The summed E-state index contributed by atoms with van der Waals surface area (Å²) >= 11 is 0. The minimum Gasteiger partial charge on any atom is -0.478 e. The van der Waals surface area contributed by atoms with Crippen molar-refractivity contribution in [2.45, 2.75) is 65.0 Å². The van der Waals surface area contributed by atoms with Gasteiger partial charge in [0.15, 0.2) is 0 Å². The van der Waals surface area contributed by atoms with Crippen LogP contribution in [0.15, 0.2) is 36.9 Å². The van der Waals surface area contributed by atoms with Gasteiger partial charge >= 0.3 is 5.97 Å². The Hall–Kier alpha value is -4.75. The average Bonchev–Trinajstić information content (AvgIpc) is 2.99. The van der Waals surface area contributed by atoms with E-state index in [2.05, 4.69) is 27.8 Å². The number of carboxylic acids is 1. The Kier molecular flexibility index (Phi) is 13.7. The van der Waals surface area contributed by atoms with E-state index < -0.39 is 72.0 Å². The fraction of sp³-hybridized carbons (Fsp3) is 0.516. The number of nitrogens with zero attached hydrogens (tertiary/aromatic N) is 1. The molecule has 0 bridgehead atoms. The summed E-state index contributed by atoms with van der Waals surface area (Å²) in [6.07, 6.45) is 5.63. The highest BCUT2D eigenvalue weighted by Gasteiger charge is 2.37. The van der Waals surface area contributed by atoms with Crippen molar-refractivity contribution in [1.82, 2.24) is 26.2 Å². The first-order chi connectivity index (χ1) is 21.1. The number of carbonyl (C=O) groups excluding carboxylic acids is 6. The molecule has 1 aromatic rings. The first-order valence-electron chi connectivity index (χ1n) is 14.8. The molecule has 1 aliphatic rings. The molecule has 0 aliphatic heterocycles. The number of amides is 6. The number of hydrogen-bond acceptors (Lipinski definition) is 7. The van der Waals surface area contributed by atoms with Crippen molar-refractivity contribution in [2.75, 3.05) is 26.2 Å². The lowest BCUT2D eigenvalue weighted by atomic mass is 9.83. The Balaban J connectivity index is 2.14. The molecule has 2 atom stereocenters. The Morgan fingerprint density at radius 2 is 1.58 bits per heavy atom. The van der Waals surface area contributed by atoms with Crippen LogP contribution in [0.4, 0.5) is 0 Å². The number of carbonyl (C=O) groups is 7. The Labute approximate surface area is 262 Å². The van der Waals surface area contributed by atoms with Crippen LogP contribution in [0.5, 0.6) is 0 Å². The van der Waals surface area contributed by atoms with Gasteiger partial charge in [0.05, 0.1) is 30.8 Å². The molecule has 14 nitrogen and oxygen atoms in total. The van der Waals surface area contributed by atoms with Gasteiger partial charge < -0.3 is 37.0 Å². The van der Waals surface area contributed by atoms with Crippen molar-refractivity contribution >= 4 is 41.4 Å². The molecule has 0 saturated heterocycles. The minimum absolute atomic E-state index is 0.0423. The third-order valence-electron chi connectivity index (χ3n) is 7.38. The molecular formula is C31H44N6O8. The van der Waals surface area contributed by atoms with Crippen LogP contribution < -0.4 is 27.0 Å². The predicted octanol–water partition coefficient (Wildman–Crippen LogP) is 0.327. The summed E-state index contributed by atoms with van der Waals surface area (Å²) in [6, 6.07) is 3.48. The third kappa shape index (κ3) is 11.4. The van der Waals surface area contributed by atoms with E-state index in [4.69, 9.17) is 5.73 Å². The number of benzene rings is 1. The number of hydrogen-bond donors (Lipinski definition) is 6. The standard InChI is InChI=1S/C31H44N6O8/c1-5-15-37(18-24(40)35-25(19-11-7-6-8-12-19)28(42)33-16-22(32)38)29(43)26(31(2,3)4)36-23(39)17-34-27(41)20-13-9-10-14-21(20)30(44)45/h5,9-10,13-14,19,25-26H,1,6-8,11-12,15-18H2,2-4H3,(H2,32,38)(H,33,42)(H,34,41)(H,35,40)(H,36,39)(H,44,45)/t25?,26-/m1/s1. The molecule has 1 unspecified atom stereocenters. The van der Waals surface area contributed by atoms with Gasteiger partial charge in [0.25, 0.3) is 5.91 Å². The lowest BCUT2D eigenvalue weighted by Gasteiger charge is -2.35. The molecule has 7 N–H and O–H groups in total. The van der Waals surface area contributed by atoms with Crippen LogP contribution in [0.1, 0.15) is 73.6 Å². The maximum absolute atomic E-state index is 13.7. The minimum atomic E-state index is -1.30. The molecule has 1 aliphatic carbocycles. The fourth-order valence-corrected chi connectivity index (χ4v) is 5.10. The number of primary amides is 1. The highest BCUT2D eigenvalue weighted by Crippen LogP contribution is 2.27. The summed E-state index contributed by atoms with van der Waals surface area (Å²) in [5.74, 6) is -5.41. The van der Waals surface area contributed by atoms with Crippen LogP contribution in [-0.4, -0.2) is 89.7 Å². The highest BCUT2D eigenvalue weighted by molar-refractivity contribution is 6.05. The molecule has 1 fully saturated rings. The second-order valence-electron chi connectivity index (χ2n) is 12.0. The molecule has 6 amide bonds. The Morgan fingerprint density at radius 1 is 0.956 bits per heavy atom. The maximum Gasteiger partial charge on any atom is 0.336 e. The van der Waals surface area contributed by atoms with Gasteiger partial charge in [0, 0.05) is 6.54 Å². The molecule has 246 valence electrons. The first kappa shape index (κ1) is 36.4. The van der Waals surface area contributed by atoms with Crippen LogP contribution in [0, 0.1) is 11.3 Å². The van der Waals surface area contributed by atoms with Gasteiger partial charge in [-0.25, -0.2) is 4.79 Å². The second-order valence-corrected chi connectivity index (χ2v) is 12.0. The van der Waals surface area contributed by atoms with E-state index in [1.165, 1.54) is 35.2 Å². The van der Waals surface area contributed by atoms with E-state index in [0.717, 1.165) is 19.3 Å². The fourth-order valence-electron chi connectivity index (χ4n) is 5.10. The lowest BCUT2D eigenvalue weighted by molar-refractivity contribution is -0.142. The molecule has 0 radical (unpaired) electrons. The van der Waals surface area contributed by atoms with Gasteiger partial charge in [-0.15, -0.1) is 6.58 Å². The predicted molar refractivity (Wildman–Crippen MR) is 165 cm³/mol. The molecule has 0 heterocycles. The molecule has 0 aromatic heterocycles. The van der Waals surface area contributed by atoms with E-state index >= 15 is 0 Å². The van der Waals surface area contributed by atoms with Crippen LogP contribution in [0.2, 0.25) is 0 Å². The summed E-state index contributed by atoms with van der Waals surface area (Å²) in [5.41, 5.74) is 3.98. The topological polar surface area (TPSA) is 217 Å². The molecule has 0 spiro atoms. The molecule has 14 heteroatoms. The summed E-state index contributed by atoms with van der Waals surface area (Å²) in [6.45, 7) is 7.40. The van der Waals surface area contributed by atoms with Crippen molar-refractivity contribution in [3.63, 3.8) is 0 Å². The van der Waals surface area contributed by atoms with Crippen molar-refractivity contribution in [1.29, 1.82) is 0 Å². The summed E-state index contributed by atoms with van der Waals surface area (Å²) < 4.78 is 0. The van der Waals surface area contributed by atoms with E-state index in [0.29, 0.717) is 12.8 Å². The zero-order valence-electron chi connectivity index (χ0n) is 26.0. The number of nitrogens with one attached hydrogen (secondary N) is 4. The largest absolute Gasteiger partial charge is 0.478 e. The van der Waals surface area contributed by atoms with Crippen molar-refractivity contribution < 1.29 is 38.7 Å². The third-order valence-corrected chi connectivity index (χ3v) is 7.38. The van der Waals surface area contributed by atoms with Gasteiger partial charge in [-0.3, -0.25) is 28.8 Å². The van der Waals surface area contributed by atoms with Gasteiger partial charge in [0.2, 0.25) is 29.5 Å². The monoisotopic (exact) mass is 628 g/mol. The number of nitrogens with two attached hydrogens (primary N) is 1. The smallest absolute Gasteiger partial charge is 0.336 e. The van der Waals surface area contributed by atoms with E-state index in [9.17, 15) is 38.7 Å². The number of rotatable bonds is 15. The number of carboxylic acid groups (broad SMARTS) is 1.